The van der Waals surface area contributed by atoms with Crippen LogP contribution < -0.4 is 0 Å². The first-order valence-electron chi connectivity index (χ1n) is 10.0. The third kappa shape index (κ3) is 6.16. The van der Waals surface area contributed by atoms with Gasteiger partial charge in [-0.2, -0.15) is 0 Å². The van der Waals surface area contributed by atoms with E-state index in [9.17, 15) is 19.5 Å². The number of esters is 1. The Hall–Kier alpha value is -1.27. The van der Waals surface area contributed by atoms with Crippen molar-refractivity contribution in [2.75, 3.05) is 0 Å². The number of aliphatic hydroxyl groups is 1. The molecule has 6 heteroatoms. The number of ether oxygens (including phenoxy) is 2. The lowest BCUT2D eigenvalue weighted by atomic mass is 9.86. The molecular formula is C20H32O6. The summed E-state index contributed by atoms with van der Waals surface area (Å²) < 4.78 is 11.1. The van der Waals surface area contributed by atoms with Gasteiger partial charge in [-0.1, -0.05) is 25.7 Å². The number of rotatable bonds is 10. The lowest BCUT2D eigenvalue weighted by Crippen LogP contribution is -2.40. The maximum Gasteiger partial charge on any atom is 0.306 e. The molecule has 2 rings (SSSR count). The summed E-state index contributed by atoms with van der Waals surface area (Å²) in [4.78, 5) is 34.7. The molecule has 148 valence electrons. The van der Waals surface area contributed by atoms with E-state index in [2.05, 4.69) is 0 Å². The number of aliphatic hydroxyl groups excluding tert-OH is 1. The third-order valence-corrected chi connectivity index (χ3v) is 5.60. The Morgan fingerprint density at radius 3 is 1.96 bits per heavy atom. The van der Waals surface area contributed by atoms with E-state index < -0.39 is 17.5 Å². The van der Waals surface area contributed by atoms with Crippen LogP contribution >= 0.6 is 0 Å². The van der Waals surface area contributed by atoms with Gasteiger partial charge in [-0.25, -0.2) is 0 Å². The zero-order chi connectivity index (χ0) is 18.9. The molecule has 1 atom stereocenters. The van der Waals surface area contributed by atoms with Gasteiger partial charge in [-0.3, -0.25) is 9.59 Å². The number of unbranched alkanes of at least 4 members (excludes halogenated alkanes) is 1. The van der Waals surface area contributed by atoms with Crippen molar-refractivity contribution in [1.82, 2.24) is 0 Å². The van der Waals surface area contributed by atoms with E-state index in [1.807, 2.05) is 0 Å². The summed E-state index contributed by atoms with van der Waals surface area (Å²) in [7, 11) is 0. The van der Waals surface area contributed by atoms with E-state index in [-0.39, 0.29) is 12.4 Å². The molecule has 0 spiro atoms. The van der Waals surface area contributed by atoms with Crippen molar-refractivity contribution in [2.45, 2.75) is 107 Å². The first-order valence-corrected chi connectivity index (χ1v) is 10.0. The molecule has 0 aromatic rings. The minimum absolute atomic E-state index is 0.223. The second-order valence-electron chi connectivity index (χ2n) is 7.78. The van der Waals surface area contributed by atoms with Gasteiger partial charge < -0.3 is 19.4 Å². The van der Waals surface area contributed by atoms with Crippen molar-refractivity contribution >= 4 is 18.5 Å². The summed E-state index contributed by atoms with van der Waals surface area (Å²) >= 11 is 0. The van der Waals surface area contributed by atoms with E-state index in [0.29, 0.717) is 44.9 Å². The van der Waals surface area contributed by atoms with Crippen LogP contribution in [-0.2, 0) is 23.9 Å². The first-order chi connectivity index (χ1) is 12.5. The average molecular weight is 368 g/mol. The van der Waals surface area contributed by atoms with Gasteiger partial charge in [0.05, 0.1) is 0 Å². The Bertz CT molecular complexity index is 463. The van der Waals surface area contributed by atoms with E-state index in [0.717, 1.165) is 51.1 Å². The van der Waals surface area contributed by atoms with Crippen molar-refractivity contribution in [3.63, 3.8) is 0 Å². The van der Waals surface area contributed by atoms with Crippen LogP contribution in [0.1, 0.15) is 89.9 Å². The fourth-order valence-electron chi connectivity index (χ4n) is 4.00. The summed E-state index contributed by atoms with van der Waals surface area (Å²) in [6.45, 7) is 0. The van der Waals surface area contributed by atoms with E-state index in [1.165, 1.54) is 0 Å². The van der Waals surface area contributed by atoms with E-state index in [4.69, 9.17) is 9.47 Å². The maximum absolute atomic E-state index is 12.0. The molecule has 0 amide bonds. The van der Waals surface area contributed by atoms with Gasteiger partial charge in [0.25, 0.3) is 0 Å². The standard InChI is InChI=1S/C20H32O6/c21-15-19(11-5-1-6-12-19)25-17(23)9-3-4-10-18(24)26-20(16-22)13-7-2-8-14-20/h15-17,23H,1-14H2. The Balaban J connectivity index is 1.65. The van der Waals surface area contributed by atoms with Crippen LogP contribution in [0.5, 0.6) is 0 Å². The number of carbonyl (C=O) groups is 3. The van der Waals surface area contributed by atoms with Crippen molar-refractivity contribution in [1.29, 1.82) is 0 Å². The normalized spacial score (nSPS) is 23.0. The van der Waals surface area contributed by atoms with Gasteiger partial charge in [-0.15, -0.1) is 0 Å². The zero-order valence-corrected chi connectivity index (χ0v) is 15.6. The van der Waals surface area contributed by atoms with Gasteiger partial charge in [0.15, 0.2) is 24.5 Å². The largest absolute Gasteiger partial charge is 0.451 e. The van der Waals surface area contributed by atoms with Crippen molar-refractivity contribution in [3.05, 3.63) is 0 Å². The molecule has 2 aliphatic carbocycles. The summed E-state index contributed by atoms with van der Waals surface area (Å²) in [5, 5.41) is 10.1. The maximum atomic E-state index is 12.0. The molecule has 1 N–H and O–H groups in total. The molecule has 0 radical (unpaired) electrons. The van der Waals surface area contributed by atoms with Crippen LogP contribution in [0, 0.1) is 0 Å². The minimum Gasteiger partial charge on any atom is -0.451 e. The highest BCUT2D eigenvalue weighted by Crippen LogP contribution is 2.32. The van der Waals surface area contributed by atoms with Gasteiger partial charge in [-0.05, 0) is 57.8 Å². The van der Waals surface area contributed by atoms with Crippen LogP contribution in [0.15, 0.2) is 0 Å². The number of hydrogen-bond donors (Lipinski definition) is 1. The van der Waals surface area contributed by atoms with Crippen molar-refractivity contribution in [3.8, 4) is 0 Å². The Kier molecular flexibility index (Phi) is 8.22. The molecule has 0 aromatic carbocycles. The van der Waals surface area contributed by atoms with Gasteiger partial charge in [0.1, 0.15) is 5.60 Å². The van der Waals surface area contributed by atoms with Crippen LogP contribution in [0.3, 0.4) is 0 Å². The van der Waals surface area contributed by atoms with Crippen LogP contribution in [-0.4, -0.2) is 41.1 Å². The number of hydrogen-bond acceptors (Lipinski definition) is 6. The van der Waals surface area contributed by atoms with E-state index >= 15 is 0 Å². The highest BCUT2D eigenvalue weighted by molar-refractivity contribution is 5.74. The van der Waals surface area contributed by atoms with Crippen LogP contribution in [0.25, 0.3) is 0 Å². The van der Waals surface area contributed by atoms with Gasteiger partial charge in [0, 0.05) is 6.42 Å². The van der Waals surface area contributed by atoms with Gasteiger partial charge >= 0.3 is 5.97 Å². The second-order valence-corrected chi connectivity index (χ2v) is 7.78. The molecule has 0 aromatic heterocycles. The Morgan fingerprint density at radius 2 is 1.42 bits per heavy atom. The predicted octanol–water partition coefficient (Wildman–Crippen LogP) is 3.23. The monoisotopic (exact) mass is 368 g/mol. The predicted molar refractivity (Wildman–Crippen MR) is 95.4 cm³/mol. The smallest absolute Gasteiger partial charge is 0.306 e. The molecule has 2 aliphatic rings. The highest BCUT2D eigenvalue weighted by atomic mass is 16.6. The molecule has 0 aliphatic heterocycles. The second kappa shape index (κ2) is 10.2. The fourth-order valence-corrected chi connectivity index (χ4v) is 4.00. The topological polar surface area (TPSA) is 89.9 Å². The molecule has 1 unspecified atom stereocenters. The molecule has 26 heavy (non-hydrogen) atoms. The van der Waals surface area contributed by atoms with E-state index in [1.54, 1.807) is 0 Å². The molecule has 2 saturated carbocycles. The summed E-state index contributed by atoms with van der Waals surface area (Å²) in [6, 6.07) is 0. The SMILES string of the molecule is O=CC1(OC(=O)CCCCC(O)OC2(C=O)CCCCC2)CCCCC1. The van der Waals surface area contributed by atoms with Gasteiger partial charge in [0.2, 0.25) is 0 Å². The van der Waals surface area contributed by atoms with Crippen molar-refractivity contribution in [2.24, 2.45) is 0 Å². The average Bonchev–Trinajstić information content (AvgIpc) is 2.66. The quantitative estimate of drug-likeness (QED) is 0.276. The molecular weight excluding hydrogens is 336 g/mol. The van der Waals surface area contributed by atoms with Crippen LogP contribution in [0.2, 0.25) is 0 Å². The van der Waals surface area contributed by atoms with Crippen molar-refractivity contribution < 1.29 is 29.0 Å². The summed E-state index contributed by atoms with van der Waals surface area (Å²) in [5.41, 5.74) is -1.76. The summed E-state index contributed by atoms with van der Waals surface area (Å²) in [5.74, 6) is -0.356. The highest BCUT2D eigenvalue weighted by Gasteiger charge is 2.36. The molecule has 0 heterocycles. The number of carbonyl (C=O) groups excluding carboxylic acids is 3. The Labute approximate surface area is 155 Å². The lowest BCUT2D eigenvalue weighted by Gasteiger charge is -2.34. The zero-order valence-electron chi connectivity index (χ0n) is 15.6. The molecule has 0 bridgehead atoms. The molecule has 0 saturated heterocycles. The Morgan fingerprint density at radius 1 is 0.885 bits per heavy atom. The fraction of sp³-hybridized carbons (Fsp3) is 0.850. The summed E-state index contributed by atoms with van der Waals surface area (Å²) in [6.07, 6.45) is 10.8. The third-order valence-electron chi connectivity index (χ3n) is 5.60. The lowest BCUT2D eigenvalue weighted by molar-refractivity contribution is -0.194. The number of aldehydes is 2. The van der Waals surface area contributed by atoms with Crippen LogP contribution in [0.4, 0.5) is 0 Å². The first kappa shape index (κ1) is 21.0. The molecule has 2 fully saturated rings. The minimum atomic E-state index is -0.992. The molecule has 6 nitrogen and oxygen atoms in total.